The Balaban J connectivity index is -0.000000171. The molecule has 0 aromatic heterocycles. The van der Waals surface area contributed by atoms with Gasteiger partial charge in [-0.1, -0.05) is 13.8 Å². The van der Waals surface area contributed by atoms with E-state index in [1.165, 1.54) is 4.90 Å². The Morgan fingerprint density at radius 3 is 1.40 bits per heavy atom. The summed E-state index contributed by atoms with van der Waals surface area (Å²) >= 11 is 0. The average molecular weight is 1270 g/mol. The van der Waals surface area contributed by atoms with Gasteiger partial charge in [0.25, 0.3) is 0 Å². The number of amides is 3. The van der Waals surface area contributed by atoms with Gasteiger partial charge in [0.1, 0.15) is 13.5 Å². The van der Waals surface area contributed by atoms with Crippen LogP contribution in [-0.2, 0) is 86.0 Å². The number of hydrogen-bond donors (Lipinski definition) is 14. The number of likely N-dealkylation sites (N-methyl/N-ethyl adjacent to an activating group) is 1. The Bertz CT molecular complexity index is 1090. The molecule has 0 rings (SSSR count). The number of ether oxygens (including phenoxy) is 9. The highest BCUT2D eigenvalue weighted by Crippen LogP contribution is 2.03. The first kappa shape index (κ1) is 96.9. The summed E-state index contributed by atoms with van der Waals surface area (Å²) in [5.74, 6) is -0.0731. The zero-order valence-corrected chi connectivity index (χ0v) is 55.8. The van der Waals surface area contributed by atoms with E-state index in [1.807, 2.05) is 48.6 Å². The Morgan fingerprint density at radius 1 is 0.500 bits per heavy atom. The molecule has 34 heteroatoms. The van der Waals surface area contributed by atoms with E-state index in [0.29, 0.717) is 159 Å². The van der Waals surface area contributed by atoms with Crippen LogP contribution in [0.5, 0.6) is 0 Å². The third-order valence-electron chi connectivity index (χ3n) is 9.01. The Morgan fingerprint density at radius 2 is 0.965 bits per heavy atom. The first-order chi connectivity index (χ1) is 41.9. The van der Waals surface area contributed by atoms with Crippen molar-refractivity contribution in [1.82, 2.24) is 79.9 Å². The van der Waals surface area contributed by atoms with Gasteiger partial charge in [0.05, 0.1) is 113 Å². The molecule has 0 aromatic carbocycles. The molecule has 3 amide bonds. The van der Waals surface area contributed by atoms with Gasteiger partial charge in [-0.2, -0.15) is 5.48 Å². The van der Waals surface area contributed by atoms with Crippen molar-refractivity contribution in [2.45, 2.75) is 79.3 Å². The van der Waals surface area contributed by atoms with Gasteiger partial charge in [-0.15, -0.1) is 0 Å². The minimum Gasteiger partial charge on any atom is -0.383 e. The molecule has 0 aliphatic carbocycles. The van der Waals surface area contributed by atoms with Crippen LogP contribution in [0.1, 0.15) is 67.2 Å². The average Bonchev–Trinajstić information content (AvgIpc) is 3.57. The molecule has 0 radical (unpaired) electrons. The Hall–Kier alpha value is -2.71. The normalized spacial score (nSPS) is 11.0. The lowest BCUT2D eigenvalue weighted by Crippen LogP contribution is -2.40. The molecular weight excluding hydrogens is 1140 g/mol. The van der Waals surface area contributed by atoms with E-state index in [4.69, 9.17) is 77.4 Å². The van der Waals surface area contributed by atoms with E-state index in [0.717, 1.165) is 58.3 Å². The monoisotopic (exact) mass is 1260 g/mol. The molecule has 0 heterocycles. The van der Waals surface area contributed by atoms with E-state index < -0.39 is 0 Å². The van der Waals surface area contributed by atoms with Gasteiger partial charge >= 0.3 is 0 Å². The van der Waals surface area contributed by atoms with Crippen molar-refractivity contribution in [1.29, 1.82) is 0 Å². The van der Waals surface area contributed by atoms with Crippen molar-refractivity contribution in [3.8, 4) is 0 Å². The number of nitrogens with zero attached hydrogens (tertiary/aromatic N) is 2. The van der Waals surface area contributed by atoms with Gasteiger partial charge in [-0.3, -0.25) is 41.0 Å². The SMILES string of the molecule is CCCONCC(=O)NC.CCNCOCNCOC.CCOCNCOCNCOC.CCONCCCNCOC.CCONCCONCCOC.CCONCCONCCOC.CNC(CCN(C=O)CN(C)C=O)CC(N)COC. The molecule has 0 saturated carbocycles. The van der Waals surface area contributed by atoms with Crippen LogP contribution in [-0.4, -0.2) is 290 Å². The number of carbonyl (C=O) groups is 3. The summed E-state index contributed by atoms with van der Waals surface area (Å²) in [5.41, 5.74) is 22.2. The minimum atomic E-state index is -0.0731. The number of nitrogens with one attached hydrogen (secondary N) is 13. The molecule has 0 aliphatic heterocycles. The second-order valence-electron chi connectivity index (χ2n) is 16.6. The van der Waals surface area contributed by atoms with Crippen molar-refractivity contribution >= 4 is 18.7 Å². The zero-order chi connectivity index (χ0) is 65.7. The van der Waals surface area contributed by atoms with Crippen LogP contribution in [0.4, 0.5) is 0 Å². The molecule has 0 bridgehead atoms. The summed E-state index contributed by atoms with van der Waals surface area (Å²) in [5, 5.41) is 20.5. The summed E-state index contributed by atoms with van der Waals surface area (Å²) < 4.78 is 44.1. The third kappa shape index (κ3) is 109. The molecule has 0 aromatic rings. The van der Waals surface area contributed by atoms with Crippen LogP contribution in [0.25, 0.3) is 0 Å². The molecule has 0 fully saturated rings. The lowest BCUT2D eigenvalue weighted by Gasteiger charge is -2.25. The second-order valence-corrected chi connectivity index (χ2v) is 16.6. The first-order valence-corrected chi connectivity index (χ1v) is 29.2. The Kier molecular flexibility index (Phi) is 111. The van der Waals surface area contributed by atoms with Gasteiger partial charge in [0.2, 0.25) is 18.7 Å². The van der Waals surface area contributed by atoms with E-state index in [1.54, 1.807) is 61.7 Å². The molecule has 2 unspecified atom stereocenters. The number of rotatable bonds is 59. The minimum absolute atomic E-state index is 0.0234. The molecule has 15 N–H and O–H groups in total. The van der Waals surface area contributed by atoms with Gasteiger partial charge in [-0.25, -0.2) is 27.4 Å². The van der Waals surface area contributed by atoms with E-state index in [-0.39, 0.29) is 24.5 Å². The summed E-state index contributed by atoms with van der Waals surface area (Å²) in [6, 6.07) is 0.193. The van der Waals surface area contributed by atoms with Crippen LogP contribution in [0, 0.1) is 0 Å². The van der Waals surface area contributed by atoms with Crippen molar-refractivity contribution in [3.05, 3.63) is 0 Å². The fourth-order valence-corrected chi connectivity index (χ4v) is 4.95. The van der Waals surface area contributed by atoms with Gasteiger partial charge < -0.3 is 97.8 Å². The Labute approximate surface area is 517 Å². The highest BCUT2D eigenvalue weighted by atomic mass is 16.7. The molecule has 0 aliphatic rings. The number of methoxy groups -OCH3 is 6. The molecule has 86 heavy (non-hydrogen) atoms. The van der Waals surface area contributed by atoms with Crippen LogP contribution in [0.3, 0.4) is 0 Å². The molecule has 524 valence electrons. The highest BCUT2D eigenvalue weighted by Gasteiger charge is 2.14. The van der Waals surface area contributed by atoms with Crippen molar-refractivity contribution in [3.63, 3.8) is 0 Å². The van der Waals surface area contributed by atoms with Crippen LogP contribution in [0.15, 0.2) is 0 Å². The van der Waals surface area contributed by atoms with Gasteiger partial charge in [-0.05, 0) is 73.5 Å². The van der Waals surface area contributed by atoms with Crippen molar-refractivity contribution < 1.29 is 86.0 Å². The summed E-state index contributed by atoms with van der Waals surface area (Å²) in [6.45, 7) is 29.0. The highest BCUT2D eigenvalue weighted by molar-refractivity contribution is 5.77. The predicted molar refractivity (Wildman–Crippen MR) is 332 cm³/mol. The maximum Gasteiger partial charge on any atom is 0.236 e. The topological polar surface area (TPSA) is 379 Å². The molecular formula is C52H128N16O18. The number of nitrogens with two attached hydrogens (primary N) is 1. The largest absolute Gasteiger partial charge is 0.383 e. The molecule has 34 nitrogen and oxygen atoms in total. The standard InChI is InChI=1S/C12H26N4O3.3C7H18N2O3.C7H18N2O2.C6H16N2O2.C6H14N2O2/c1-14-12(6-11(13)7-19-3)4-5-16(10-18)8-15(2)9-17;1-3-11-5-9-7-12-6-8-4-10-2;2*1-3-11-8-5-7-12-9-4-6-10-2;1-3-11-9-6-4-5-8-7-10-2;1-3-7-5-10-6-8-4-9-2;1-3-4-10-8-5-6(9)7-2/h9-12,14H,4-8,13H2,1-3H3;3*8-9H,3-7H2,1-2H3;8-9H,3-7H2,1-2H3;7-8H,3-6H2,1-2H3;8H,3-5H2,1-2H3,(H,7,9). The fraction of sp³-hybridized carbons (Fsp3) is 0.942. The van der Waals surface area contributed by atoms with Crippen molar-refractivity contribution in [2.24, 2.45) is 5.73 Å². The zero-order valence-electron chi connectivity index (χ0n) is 55.8. The van der Waals surface area contributed by atoms with E-state index >= 15 is 0 Å². The van der Waals surface area contributed by atoms with Crippen LogP contribution in [0.2, 0.25) is 0 Å². The lowest BCUT2D eigenvalue weighted by molar-refractivity contribution is -0.124. The maximum absolute atomic E-state index is 10.9. The number of hydroxylamine groups is 6. The smallest absolute Gasteiger partial charge is 0.236 e. The van der Waals surface area contributed by atoms with Crippen molar-refractivity contribution in [2.75, 3.05) is 249 Å². The van der Waals surface area contributed by atoms with E-state index in [2.05, 4.69) is 70.1 Å². The molecule has 0 saturated heterocycles. The number of carbonyl (C=O) groups excluding carboxylic acids is 3. The van der Waals surface area contributed by atoms with Crippen LogP contribution < -0.4 is 75.8 Å². The third-order valence-corrected chi connectivity index (χ3v) is 9.01. The predicted octanol–water partition coefficient (Wildman–Crippen LogP) is -2.59. The molecule has 0 spiro atoms. The summed E-state index contributed by atoms with van der Waals surface area (Å²) in [4.78, 5) is 64.5. The van der Waals surface area contributed by atoms with Crippen LogP contribution >= 0.6 is 0 Å². The second kappa shape index (κ2) is 98.5. The van der Waals surface area contributed by atoms with Gasteiger partial charge in [0, 0.05) is 115 Å². The quantitative estimate of drug-likeness (QED) is 0.0129. The molecule has 2 atom stereocenters. The first-order valence-electron chi connectivity index (χ1n) is 29.2. The number of hydrogen-bond acceptors (Lipinski definition) is 31. The lowest BCUT2D eigenvalue weighted by atomic mass is 10.1. The summed E-state index contributed by atoms with van der Waals surface area (Å²) in [6.07, 6.45) is 4.99. The fourth-order valence-electron chi connectivity index (χ4n) is 4.95. The van der Waals surface area contributed by atoms with Gasteiger partial charge in [0.15, 0.2) is 0 Å². The van der Waals surface area contributed by atoms with E-state index in [9.17, 15) is 14.4 Å². The summed E-state index contributed by atoms with van der Waals surface area (Å²) in [7, 11) is 14.9. The maximum atomic E-state index is 10.9.